The number of aryl methyl sites for hydroxylation is 1. The van der Waals surface area contributed by atoms with Crippen molar-refractivity contribution in [3.8, 4) is 11.5 Å². The van der Waals surface area contributed by atoms with E-state index in [0.29, 0.717) is 25.0 Å². The number of urea groups is 1. The summed E-state index contributed by atoms with van der Waals surface area (Å²) >= 11 is 1.86. The topological polar surface area (TPSA) is 50.8 Å². The second-order valence-corrected chi connectivity index (χ2v) is 8.59. The van der Waals surface area contributed by atoms with Gasteiger partial charge in [-0.2, -0.15) is 0 Å². The molecule has 0 bridgehead atoms. The third-order valence-electron chi connectivity index (χ3n) is 4.72. The van der Waals surface area contributed by atoms with E-state index in [9.17, 15) is 4.79 Å². The maximum Gasteiger partial charge on any atom is 0.321 e. The minimum atomic E-state index is -0.139. The minimum absolute atomic E-state index is 0.139. The number of nitrogens with one attached hydrogen (secondary N) is 1. The lowest BCUT2D eigenvalue weighted by Gasteiger charge is -2.22. The number of amides is 2. The molecular formula is C22H28N2O3S. The van der Waals surface area contributed by atoms with Gasteiger partial charge in [0.05, 0.1) is 0 Å². The number of rotatable bonds is 6. The molecular weight excluding hydrogens is 372 g/mol. The molecule has 0 spiro atoms. The number of anilines is 1. The fourth-order valence-corrected chi connectivity index (χ4v) is 3.93. The fourth-order valence-electron chi connectivity index (χ4n) is 2.91. The molecule has 2 amide bonds. The van der Waals surface area contributed by atoms with E-state index in [0.717, 1.165) is 34.7 Å². The molecule has 0 saturated carbocycles. The lowest BCUT2D eigenvalue weighted by atomic mass is 10.2. The quantitative estimate of drug-likeness (QED) is 0.667. The molecule has 0 fully saturated rings. The Morgan fingerprint density at radius 3 is 2.64 bits per heavy atom. The maximum absolute atomic E-state index is 12.6. The zero-order valence-corrected chi connectivity index (χ0v) is 17.8. The van der Waals surface area contributed by atoms with Crippen LogP contribution in [0.4, 0.5) is 10.5 Å². The number of carbonyl (C=O) groups is 1. The van der Waals surface area contributed by atoms with Crippen LogP contribution in [0.2, 0.25) is 0 Å². The molecule has 1 atom stereocenters. The van der Waals surface area contributed by atoms with Gasteiger partial charge in [-0.05, 0) is 54.8 Å². The lowest BCUT2D eigenvalue weighted by Crippen LogP contribution is -2.31. The van der Waals surface area contributed by atoms with Crippen LogP contribution in [0, 0.1) is 6.92 Å². The summed E-state index contributed by atoms with van der Waals surface area (Å²) in [7, 11) is 1.79. The van der Waals surface area contributed by atoms with E-state index in [1.165, 1.54) is 4.90 Å². The molecule has 28 heavy (non-hydrogen) atoms. The van der Waals surface area contributed by atoms with E-state index < -0.39 is 0 Å². The average molecular weight is 401 g/mol. The molecule has 6 heteroatoms. The summed E-state index contributed by atoms with van der Waals surface area (Å²) < 4.78 is 11.2. The zero-order valence-electron chi connectivity index (χ0n) is 17.0. The Kier molecular flexibility index (Phi) is 6.73. The van der Waals surface area contributed by atoms with Crippen LogP contribution in [-0.2, 0) is 6.54 Å². The Balaban J connectivity index is 1.61. The molecule has 5 nitrogen and oxygen atoms in total. The standard InChI is InChI=1S/C22H28N2O3S/c1-5-16(3)28-18-7-8-19(15(2)12-18)23-22(25)24(4)14-17-6-9-20-21(13-17)27-11-10-26-20/h6-9,12-13,16H,5,10-11,14H2,1-4H3,(H,23,25). The molecule has 0 radical (unpaired) electrons. The molecule has 1 unspecified atom stereocenters. The normalized spacial score (nSPS) is 13.7. The molecule has 2 aromatic rings. The van der Waals surface area contributed by atoms with Gasteiger partial charge in [-0.25, -0.2) is 4.79 Å². The Hall–Kier alpha value is -2.34. The van der Waals surface area contributed by atoms with Crippen molar-refractivity contribution in [1.29, 1.82) is 0 Å². The molecule has 1 aliphatic rings. The summed E-state index contributed by atoms with van der Waals surface area (Å²) in [6.07, 6.45) is 1.13. The molecule has 0 aromatic heterocycles. The monoisotopic (exact) mass is 400 g/mol. The van der Waals surface area contributed by atoms with Crippen LogP contribution in [0.3, 0.4) is 0 Å². The smallest absolute Gasteiger partial charge is 0.321 e. The summed E-state index contributed by atoms with van der Waals surface area (Å²) in [5.41, 5.74) is 2.90. The number of ether oxygens (including phenoxy) is 2. The summed E-state index contributed by atoms with van der Waals surface area (Å²) in [5, 5.41) is 3.59. The largest absolute Gasteiger partial charge is 0.486 e. The van der Waals surface area contributed by atoms with E-state index >= 15 is 0 Å². The van der Waals surface area contributed by atoms with Gasteiger partial charge in [-0.15, -0.1) is 11.8 Å². The minimum Gasteiger partial charge on any atom is -0.486 e. The van der Waals surface area contributed by atoms with Gasteiger partial charge in [0.2, 0.25) is 0 Å². The van der Waals surface area contributed by atoms with Crippen molar-refractivity contribution in [2.24, 2.45) is 0 Å². The highest BCUT2D eigenvalue weighted by molar-refractivity contribution is 7.99. The highest BCUT2D eigenvalue weighted by atomic mass is 32.2. The average Bonchev–Trinajstić information content (AvgIpc) is 2.69. The van der Waals surface area contributed by atoms with Crippen LogP contribution in [-0.4, -0.2) is 36.4 Å². The van der Waals surface area contributed by atoms with Crippen LogP contribution in [0.5, 0.6) is 11.5 Å². The predicted octanol–water partition coefficient (Wildman–Crippen LogP) is 5.32. The van der Waals surface area contributed by atoms with Crippen molar-refractivity contribution < 1.29 is 14.3 Å². The molecule has 0 aliphatic carbocycles. The maximum atomic E-state index is 12.6. The van der Waals surface area contributed by atoms with Crippen molar-refractivity contribution in [1.82, 2.24) is 4.90 Å². The second kappa shape index (κ2) is 9.24. The van der Waals surface area contributed by atoms with Gasteiger partial charge in [0, 0.05) is 29.4 Å². The van der Waals surface area contributed by atoms with Crippen LogP contribution in [0.25, 0.3) is 0 Å². The number of hydrogen-bond donors (Lipinski definition) is 1. The number of thioether (sulfide) groups is 1. The van der Waals surface area contributed by atoms with E-state index in [4.69, 9.17) is 9.47 Å². The third kappa shape index (κ3) is 5.13. The summed E-state index contributed by atoms with van der Waals surface area (Å²) in [5.74, 6) is 1.50. The van der Waals surface area contributed by atoms with Crippen molar-refractivity contribution in [2.45, 2.75) is 43.9 Å². The highest BCUT2D eigenvalue weighted by Gasteiger charge is 2.15. The summed E-state index contributed by atoms with van der Waals surface area (Å²) in [6, 6.07) is 11.8. The van der Waals surface area contributed by atoms with Crippen LogP contribution >= 0.6 is 11.8 Å². The number of hydrogen-bond acceptors (Lipinski definition) is 4. The van der Waals surface area contributed by atoms with E-state index in [1.54, 1.807) is 11.9 Å². The number of fused-ring (bicyclic) bond motifs is 1. The molecule has 1 heterocycles. The van der Waals surface area contributed by atoms with E-state index in [-0.39, 0.29) is 6.03 Å². The van der Waals surface area contributed by atoms with Crippen molar-refractivity contribution in [3.63, 3.8) is 0 Å². The van der Waals surface area contributed by atoms with Gasteiger partial charge in [-0.1, -0.05) is 19.9 Å². The highest BCUT2D eigenvalue weighted by Crippen LogP contribution is 2.31. The lowest BCUT2D eigenvalue weighted by molar-refractivity contribution is 0.171. The first-order chi connectivity index (χ1) is 13.5. The molecule has 150 valence electrons. The zero-order chi connectivity index (χ0) is 20.1. The van der Waals surface area contributed by atoms with E-state index in [2.05, 4.69) is 31.3 Å². The third-order valence-corrected chi connectivity index (χ3v) is 5.99. The second-order valence-electron chi connectivity index (χ2n) is 7.08. The van der Waals surface area contributed by atoms with Gasteiger partial charge in [0.15, 0.2) is 11.5 Å². The van der Waals surface area contributed by atoms with Crippen LogP contribution in [0.15, 0.2) is 41.3 Å². The Bertz CT molecular complexity index is 841. The Morgan fingerprint density at radius 2 is 1.93 bits per heavy atom. The predicted molar refractivity (Wildman–Crippen MR) is 115 cm³/mol. The van der Waals surface area contributed by atoms with Gasteiger partial charge >= 0.3 is 6.03 Å². The first kappa shape index (κ1) is 20.4. The van der Waals surface area contributed by atoms with Crippen molar-refractivity contribution >= 4 is 23.5 Å². The van der Waals surface area contributed by atoms with Crippen LogP contribution < -0.4 is 14.8 Å². The van der Waals surface area contributed by atoms with E-state index in [1.807, 2.05) is 43.0 Å². The van der Waals surface area contributed by atoms with Crippen molar-refractivity contribution in [3.05, 3.63) is 47.5 Å². The molecule has 0 saturated heterocycles. The van der Waals surface area contributed by atoms with Crippen LogP contribution in [0.1, 0.15) is 31.4 Å². The van der Waals surface area contributed by atoms with Gasteiger partial charge in [0.1, 0.15) is 13.2 Å². The Labute approximate surface area is 171 Å². The molecule has 1 aliphatic heterocycles. The number of benzene rings is 2. The molecule has 1 N–H and O–H groups in total. The fraction of sp³-hybridized carbons (Fsp3) is 0.409. The first-order valence-corrected chi connectivity index (χ1v) is 10.5. The van der Waals surface area contributed by atoms with Gasteiger partial charge in [0.25, 0.3) is 0 Å². The number of carbonyl (C=O) groups excluding carboxylic acids is 1. The first-order valence-electron chi connectivity index (χ1n) is 9.64. The molecule has 3 rings (SSSR count). The Morgan fingerprint density at radius 1 is 1.18 bits per heavy atom. The SMILES string of the molecule is CCC(C)Sc1ccc(NC(=O)N(C)Cc2ccc3c(c2)OCCO3)c(C)c1. The summed E-state index contributed by atoms with van der Waals surface area (Å²) in [4.78, 5) is 15.5. The molecule has 2 aromatic carbocycles. The summed E-state index contributed by atoms with van der Waals surface area (Å²) in [6.45, 7) is 8.06. The number of nitrogens with zero attached hydrogens (tertiary/aromatic N) is 1. The van der Waals surface area contributed by atoms with Gasteiger partial charge < -0.3 is 19.7 Å². The van der Waals surface area contributed by atoms with Crippen molar-refractivity contribution in [2.75, 3.05) is 25.6 Å². The van der Waals surface area contributed by atoms with Gasteiger partial charge in [-0.3, -0.25) is 0 Å².